The highest BCUT2D eigenvalue weighted by molar-refractivity contribution is 7.92. The highest BCUT2D eigenvalue weighted by atomic mass is 32.2. The molecule has 1 N–H and O–H groups in total. The van der Waals surface area contributed by atoms with Crippen molar-refractivity contribution >= 4 is 21.6 Å². The first-order valence-electron chi connectivity index (χ1n) is 16.3. The van der Waals surface area contributed by atoms with Gasteiger partial charge in [0, 0.05) is 42.5 Å². The Kier molecular flexibility index (Phi) is 9.34. The Bertz CT molecular complexity index is 2190. The van der Waals surface area contributed by atoms with E-state index in [-0.39, 0.29) is 30.3 Å². The first-order chi connectivity index (χ1) is 24.3. The first-order valence-corrected chi connectivity index (χ1v) is 17.9. The van der Waals surface area contributed by atoms with Crippen LogP contribution in [0.1, 0.15) is 24.0 Å². The number of benzene rings is 4. The van der Waals surface area contributed by atoms with Gasteiger partial charge in [0.2, 0.25) is 11.7 Å². The summed E-state index contributed by atoms with van der Waals surface area (Å²) in [7, 11) is -3.90. The van der Waals surface area contributed by atoms with Gasteiger partial charge >= 0.3 is 0 Å². The standard InChI is InChI=1S/C39H34FN5O4S/c40-34-25-32(18-19-33(34)30-11-5-2-6-12-30)37-43-36(44-49-37)31-16-14-28(15-17-31)26-45-23-20-39(21-24-45,38(46)42-35-13-7-8-22-41-35)50(47,48)27-29-9-3-1-4-10-29/h1-19,22,25H,20-21,23-24,26-27H2,(H,41,42,46). The topological polar surface area (TPSA) is 118 Å². The number of pyridine rings is 1. The zero-order valence-corrected chi connectivity index (χ0v) is 27.9. The Labute approximate surface area is 289 Å². The van der Waals surface area contributed by atoms with Crippen LogP contribution in [0.5, 0.6) is 0 Å². The number of sulfone groups is 1. The fraction of sp³-hybridized carbons (Fsp3) is 0.179. The van der Waals surface area contributed by atoms with Crippen molar-refractivity contribution in [1.29, 1.82) is 0 Å². The lowest BCUT2D eigenvalue weighted by Gasteiger charge is -2.40. The number of hydrogen-bond donors (Lipinski definition) is 1. The molecular weight excluding hydrogens is 654 g/mol. The largest absolute Gasteiger partial charge is 0.334 e. The SMILES string of the molecule is O=C(Nc1ccccn1)C1(S(=O)(=O)Cc2ccccc2)CCN(Cc2ccc(-c3noc(-c4ccc(-c5ccccc5)c(F)c4)n3)cc2)CC1. The van der Waals surface area contributed by atoms with Gasteiger partial charge in [-0.05, 0) is 53.8 Å². The second kappa shape index (κ2) is 14.1. The highest BCUT2D eigenvalue weighted by Gasteiger charge is 2.52. The van der Waals surface area contributed by atoms with E-state index in [4.69, 9.17) is 4.52 Å². The van der Waals surface area contributed by atoms with Gasteiger partial charge in [0.25, 0.3) is 5.89 Å². The molecule has 1 fully saturated rings. The van der Waals surface area contributed by atoms with E-state index in [0.717, 1.165) is 16.7 Å². The van der Waals surface area contributed by atoms with Crippen molar-refractivity contribution in [1.82, 2.24) is 20.0 Å². The van der Waals surface area contributed by atoms with Crippen molar-refractivity contribution in [2.75, 3.05) is 18.4 Å². The molecule has 1 aliphatic rings. The van der Waals surface area contributed by atoms with Gasteiger partial charge in [0.15, 0.2) is 14.6 Å². The predicted octanol–water partition coefficient (Wildman–Crippen LogP) is 7.19. The number of halogens is 1. The van der Waals surface area contributed by atoms with Crippen molar-refractivity contribution in [3.63, 3.8) is 0 Å². The molecule has 6 aromatic rings. The van der Waals surface area contributed by atoms with Gasteiger partial charge in [0.1, 0.15) is 11.6 Å². The molecule has 0 aliphatic carbocycles. The maximum atomic E-state index is 15.0. The second-order valence-electron chi connectivity index (χ2n) is 12.4. The van der Waals surface area contributed by atoms with Gasteiger partial charge in [-0.2, -0.15) is 4.98 Å². The number of carbonyl (C=O) groups excluding carboxylic acids is 1. The summed E-state index contributed by atoms with van der Waals surface area (Å²) in [6.07, 6.45) is 1.85. The molecule has 4 aromatic carbocycles. The monoisotopic (exact) mass is 687 g/mol. The number of piperidine rings is 1. The molecule has 7 rings (SSSR count). The second-order valence-corrected chi connectivity index (χ2v) is 14.7. The summed E-state index contributed by atoms with van der Waals surface area (Å²) in [5.74, 6) is -0.244. The number of nitrogens with one attached hydrogen (secondary N) is 1. The number of likely N-dealkylation sites (tertiary alicyclic amines) is 1. The number of aromatic nitrogens is 3. The van der Waals surface area contributed by atoms with E-state index in [0.29, 0.717) is 48.0 Å². The van der Waals surface area contributed by atoms with E-state index >= 15 is 0 Å². The third kappa shape index (κ3) is 6.96. The van der Waals surface area contributed by atoms with Crippen LogP contribution in [0, 0.1) is 5.82 Å². The summed E-state index contributed by atoms with van der Waals surface area (Å²) in [4.78, 5) is 24.6. The van der Waals surface area contributed by atoms with E-state index in [9.17, 15) is 17.6 Å². The Morgan fingerprint density at radius 1 is 0.800 bits per heavy atom. The number of rotatable bonds is 10. The van der Waals surface area contributed by atoms with Crippen molar-refractivity contribution in [3.8, 4) is 34.0 Å². The summed E-state index contributed by atoms with van der Waals surface area (Å²) in [6.45, 7) is 1.40. The average Bonchev–Trinajstić information content (AvgIpc) is 3.64. The van der Waals surface area contributed by atoms with Gasteiger partial charge < -0.3 is 9.84 Å². The number of nitrogens with zero attached hydrogens (tertiary/aromatic N) is 4. The molecule has 0 radical (unpaired) electrons. The summed E-state index contributed by atoms with van der Waals surface area (Å²) in [5, 5.41) is 6.88. The Hall–Kier alpha value is -5.52. The molecular formula is C39H34FN5O4S. The molecule has 252 valence electrons. The minimum Gasteiger partial charge on any atom is -0.334 e. The molecule has 0 spiro atoms. The van der Waals surface area contributed by atoms with Gasteiger partial charge in [0.05, 0.1) is 5.75 Å². The summed E-state index contributed by atoms with van der Waals surface area (Å²) in [6, 6.07) is 35.9. The minimum atomic E-state index is -3.90. The van der Waals surface area contributed by atoms with Crippen LogP contribution < -0.4 is 5.32 Å². The molecule has 0 saturated carbocycles. The molecule has 0 unspecified atom stereocenters. The third-order valence-corrected chi connectivity index (χ3v) is 11.6. The van der Waals surface area contributed by atoms with E-state index in [1.165, 1.54) is 6.07 Å². The van der Waals surface area contributed by atoms with Crippen LogP contribution in [-0.4, -0.2) is 52.2 Å². The lowest BCUT2D eigenvalue weighted by atomic mass is 9.94. The van der Waals surface area contributed by atoms with E-state index in [1.807, 2.05) is 60.7 Å². The molecule has 0 atom stereocenters. The van der Waals surface area contributed by atoms with Crippen molar-refractivity contribution < 1.29 is 22.1 Å². The number of carbonyl (C=O) groups is 1. The first kappa shape index (κ1) is 33.0. The molecule has 1 saturated heterocycles. The lowest BCUT2D eigenvalue weighted by Crippen LogP contribution is -2.56. The number of hydrogen-bond acceptors (Lipinski definition) is 8. The average molecular weight is 688 g/mol. The predicted molar refractivity (Wildman–Crippen MR) is 190 cm³/mol. The highest BCUT2D eigenvalue weighted by Crippen LogP contribution is 2.35. The molecule has 9 nitrogen and oxygen atoms in total. The molecule has 50 heavy (non-hydrogen) atoms. The van der Waals surface area contributed by atoms with Crippen LogP contribution in [0.15, 0.2) is 132 Å². The summed E-state index contributed by atoms with van der Waals surface area (Å²) < 4.78 is 46.8. The maximum Gasteiger partial charge on any atom is 0.258 e. The molecule has 3 heterocycles. The third-order valence-electron chi connectivity index (χ3n) is 9.12. The minimum absolute atomic E-state index is 0.150. The zero-order chi connectivity index (χ0) is 34.6. The smallest absolute Gasteiger partial charge is 0.258 e. The van der Waals surface area contributed by atoms with E-state index < -0.39 is 20.5 Å². The summed E-state index contributed by atoms with van der Waals surface area (Å²) in [5.41, 5.74) is 4.14. The number of amides is 1. The molecule has 0 bridgehead atoms. The Morgan fingerprint density at radius 3 is 2.16 bits per heavy atom. The van der Waals surface area contributed by atoms with Crippen LogP contribution >= 0.6 is 0 Å². The number of anilines is 1. The van der Waals surface area contributed by atoms with Crippen LogP contribution in [-0.2, 0) is 26.9 Å². The Morgan fingerprint density at radius 2 is 1.48 bits per heavy atom. The van der Waals surface area contributed by atoms with Crippen molar-refractivity contribution in [3.05, 3.63) is 144 Å². The van der Waals surface area contributed by atoms with Gasteiger partial charge in [-0.1, -0.05) is 102 Å². The Balaban J connectivity index is 1.02. The van der Waals surface area contributed by atoms with Crippen LogP contribution in [0.25, 0.3) is 34.0 Å². The fourth-order valence-electron chi connectivity index (χ4n) is 6.33. The zero-order valence-electron chi connectivity index (χ0n) is 27.1. The molecule has 1 amide bonds. The van der Waals surface area contributed by atoms with Crippen molar-refractivity contribution in [2.24, 2.45) is 0 Å². The van der Waals surface area contributed by atoms with Crippen LogP contribution in [0.2, 0.25) is 0 Å². The van der Waals surface area contributed by atoms with Gasteiger partial charge in [-0.15, -0.1) is 0 Å². The molecule has 1 aliphatic heterocycles. The van der Waals surface area contributed by atoms with Gasteiger partial charge in [-0.25, -0.2) is 17.8 Å². The lowest BCUT2D eigenvalue weighted by molar-refractivity contribution is -0.119. The normalized spacial score (nSPS) is 14.7. The molecule has 2 aromatic heterocycles. The van der Waals surface area contributed by atoms with Gasteiger partial charge in [-0.3, -0.25) is 9.69 Å². The quantitative estimate of drug-likeness (QED) is 0.161. The molecule has 11 heteroatoms. The van der Waals surface area contributed by atoms with E-state index in [2.05, 4.69) is 25.3 Å². The summed E-state index contributed by atoms with van der Waals surface area (Å²) >= 11 is 0. The fourth-order valence-corrected chi connectivity index (χ4v) is 8.37. The van der Waals surface area contributed by atoms with Crippen molar-refractivity contribution in [2.45, 2.75) is 29.9 Å². The maximum absolute atomic E-state index is 15.0. The van der Waals surface area contributed by atoms with Crippen LogP contribution in [0.4, 0.5) is 10.2 Å². The van der Waals surface area contributed by atoms with E-state index in [1.54, 1.807) is 60.8 Å². The van der Waals surface area contributed by atoms with Crippen LogP contribution in [0.3, 0.4) is 0 Å².